The Morgan fingerprint density at radius 1 is 0.687 bits per heavy atom. The molecule has 5 aliphatic rings. The second kappa shape index (κ2) is 43.8. The molecule has 5 saturated heterocycles. The van der Waals surface area contributed by atoms with E-state index < -0.39 is 14.6 Å². The van der Waals surface area contributed by atoms with Crippen LogP contribution < -0.4 is 29.6 Å². The van der Waals surface area contributed by atoms with Gasteiger partial charge in [0.15, 0.2) is 14.6 Å². The molecular weight excluding hydrogens is 957 g/mol. The Hall–Kier alpha value is -0.925. The number of thioether (sulfide) groups is 4. The van der Waals surface area contributed by atoms with Crippen LogP contribution in [-0.4, -0.2) is 141 Å². The van der Waals surface area contributed by atoms with Gasteiger partial charge in [-0.3, -0.25) is 0 Å². The summed E-state index contributed by atoms with van der Waals surface area (Å²) >= 11 is 6.39. The van der Waals surface area contributed by atoms with Crippen molar-refractivity contribution in [3.05, 3.63) is 11.0 Å². The van der Waals surface area contributed by atoms with E-state index in [1.807, 2.05) is 44.1 Å². The number of ether oxygens (including phenoxy) is 5. The normalized spacial score (nSPS) is 20.5. The zero-order valence-electron chi connectivity index (χ0n) is 42.7. The third-order valence-electron chi connectivity index (χ3n) is 11.7. The minimum atomic E-state index is -3.32. The van der Waals surface area contributed by atoms with Crippen molar-refractivity contribution in [3.8, 4) is 30.3 Å². The van der Waals surface area contributed by atoms with E-state index in [0.29, 0.717) is 37.2 Å². The zero-order chi connectivity index (χ0) is 48.8. The number of carbonyl (C=O) groups excluding carboxylic acids is 1. The first-order valence-electron chi connectivity index (χ1n) is 22.5. The second-order valence-corrected chi connectivity index (χ2v) is 23.3. The van der Waals surface area contributed by atoms with Crippen LogP contribution >= 0.6 is 47.0 Å². The molecule has 3 radical (unpaired) electrons. The molecule has 0 bridgehead atoms. The molecule has 67 heavy (non-hydrogen) atoms. The average molecular weight is 1040 g/mol. The molecule has 0 amide bonds. The summed E-state index contributed by atoms with van der Waals surface area (Å²) in [6, 6.07) is 10.8. The van der Waals surface area contributed by atoms with Crippen molar-refractivity contribution in [2.75, 3.05) is 103 Å². The van der Waals surface area contributed by atoms with Gasteiger partial charge in [0.1, 0.15) is 12.4 Å². The summed E-state index contributed by atoms with van der Waals surface area (Å²) in [5, 5.41) is 43.4. The van der Waals surface area contributed by atoms with Crippen molar-refractivity contribution in [1.82, 2.24) is 0 Å². The SMILES string of the molecule is CC(C#N)(CC1CCOCC1)S(C)(=O)=O.CSC(C#N)=CC1CCOCC1.CSC(C#N)CC1CCOCC1.CSC(C)(C#N)CC1CCOCC1.CSCC#N.O=CC1CCOCC1.[B].[H-].[Na+]. The molecule has 0 aromatic heterocycles. The molecule has 5 aliphatic heterocycles. The Bertz CT molecular complexity index is 1640. The minimum absolute atomic E-state index is 0. The van der Waals surface area contributed by atoms with Gasteiger partial charge < -0.3 is 29.9 Å². The van der Waals surface area contributed by atoms with Gasteiger partial charge in [0.05, 0.1) is 44.9 Å². The summed E-state index contributed by atoms with van der Waals surface area (Å²) in [5.41, 5.74) is 0. The monoisotopic (exact) mass is 1030 g/mol. The molecular formula is C47H78BN5NaO8S5. The summed E-state index contributed by atoms with van der Waals surface area (Å²) < 4.78 is 47.6. The number of sulfone groups is 1. The molecule has 3 unspecified atom stereocenters. The Morgan fingerprint density at radius 3 is 1.39 bits per heavy atom. The van der Waals surface area contributed by atoms with E-state index in [1.54, 1.807) is 35.3 Å². The predicted octanol–water partition coefficient (Wildman–Crippen LogP) is 6.04. The number of rotatable bonds is 13. The molecule has 5 fully saturated rings. The first kappa shape index (κ1) is 70.3. The van der Waals surface area contributed by atoms with Crippen LogP contribution in [0.25, 0.3) is 0 Å². The summed E-state index contributed by atoms with van der Waals surface area (Å²) in [6.07, 6.45) is 24.8. The summed E-state index contributed by atoms with van der Waals surface area (Å²) in [6.45, 7) is 11.6. The first-order chi connectivity index (χ1) is 31.2. The molecule has 5 heterocycles. The molecule has 5 rings (SSSR count). The van der Waals surface area contributed by atoms with E-state index in [4.69, 9.17) is 50.0 Å². The summed E-state index contributed by atoms with van der Waals surface area (Å²) in [7, 11) is -3.32. The van der Waals surface area contributed by atoms with E-state index in [2.05, 4.69) is 24.3 Å². The van der Waals surface area contributed by atoms with Gasteiger partial charge in [0, 0.05) is 86.7 Å². The van der Waals surface area contributed by atoms with Crippen LogP contribution in [0.1, 0.15) is 98.7 Å². The third kappa shape index (κ3) is 34.1. The van der Waals surface area contributed by atoms with E-state index in [1.165, 1.54) is 18.7 Å². The van der Waals surface area contributed by atoms with Crippen molar-refractivity contribution >= 4 is 71.6 Å². The van der Waals surface area contributed by atoms with Crippen molar-refractivity contribution < 1.29 is 67.9 Å². The van der Waals surface area contributed by atoms with Crippen LogP contribution in [0.3, 0.4) is 0 Å². The van der Waals surface area contributed by atoms with Gasteiger partial charge in [0.2, 0.25) is 0 Å². The van der Waals surface area contributed by atoms with Crippen molar-refractivity contribution in [3.63, 3.8) is 0 Å². The number of carbonyl (C=O) groups is 1. The fourth-order valence-corrected chi connectivity index (χ4v) is 9.42. The fraction of sp³-hybridized carbons (Fsp3) is 0.830. The van der Waals surface area contributed by atoms with E-state index >= 15 is 0 Å². The van der Waals surface area contributed by atoms with Crippen LogP contribution in [0.15, 0.2) is 11.0 Å². The molecule has 3 atom stereocenters. The number of aldehydes is 1. The average Bonchev–Trinajstić information content (AvgIpc) is 3.34. The summed E-state index contributed by atoms with van der Waals surface area (Å²) in [4.78, 5) is 10.9. The maximum atomic E-state index is 11.5. The predicted molar refractivity (Wildman–Crippen MR) is 275 cm³/mol. The molecule has 0 aromatic rings. The van der Waals surface area contributed by atoms with Crippen molar-refractivity contribution in [2.45, 2.75) is 112 Å². The minimum Gasteiger partial charge on any atom is -1.00 e. The van der Waals surface area contributed by atoms with E-state index in [0.717, 1.165) is 153 Å². The number of hydrogen-bond acceptors (Lipinski definition) is 17. The topological polar surface area (TPSA) is 216 Å². The molecule has 0 aliphatic carbocycles. The molecule has 0 N–H and O–H groups in total. The molecule has 0 saturated carbocycles. The van der Waals surface area contributed by atoms with Gasteiger partial charge in [-0.05, 0) is 146 Å². The Balaban J connectivity index is -0.000000366. The number of nitriles is 5. The second-order valence-electron chi connectivity index (χ2n) is 16.8. The van der Waals surface area contributed by atoms with Gasteiger partial charge in [-0.2, -0.15) is 38.1 Å². The van der Waals surface area contributed by atoms with Crippen molar-refractivity contribution in [2.24, 2.45) is 29.6 Å². The fourth-order valence-electron chi connectivity index (χ4n) is 7.11. The van der Waals surface area contributed by atoms with Crippen LogP contribution in [0, 0.1) is 86.2 Å². The number of allylic oxidation sites excluding steroid dienone is 2. The smallest absolute Gasteiger partial charge is 1.00 e. The number of nitrogens with zero attached hydrogens (tertiary/aromatic N) is 5. The Morgan fingerprint density at radius 2 is 1.10 bits per heavy atom. The first-order valence-corrected chi connectivity index (χ1v) is 29.5. The molecule has 0 aromatic carbocycles. The maximum absolute atomic E-state index is 11.5. The quantitative estimate of drug-likeness (QED) is 0.117. The number of hydrogen-bond donors (Lipinski definition) is 0. The van der Waals surface area contributed by atoms with Crippen molar-refractivity contribution in [1.29, 1.82) is 26.3 Å². The van der Waals surface area contributed by atoms with Crippen LogP contribution in [0.2, 0.25) is 0 Å². The summed E-state index contributed by atoms with van der Waals surface area (Å²) in [5.74, 6) is 3.14. The molecule has 373 valence electrons. The van der Waals surface area contributed by atoms with Crippen LogP contribution in [-0.2, 0) is 38.3 Å². The maximum Gasteiger partial charge on any atom is 1.00 e. The van der Waals surface area contributed by atoms with Gasteiger partial charge >= 0.3 is 29.6 Å². The molecule has 0 spiro atoms. The zero-order valence-corrected chi connectivity index (χ0v) is 47.8. The van der Waals surface area contributed by atoms with Gasteiger partial charge in [-0.1, -0.05) is 6.08 Å². The van der Waals surface area contributed by atoms with Gasteiger partial charge in [-0.15, -0.1) is 35.3 Å². The largest absolute Gasteiger partial charge is 1.00 e. The van der Waals surface area contributed by atoms with Gasteiger partial charge in [0.25, 0.3) is 0 Å². The Kier molecular flexibility index (Phi) is 46.0. The molecule has 13 nitrogen and oxygen atoms in total. The van der Waals surface area contributed by atoms with E-state index in [9.17, 15) is 13.2 Å². The van der Waals surface area contributed by atoms with Crippen LogP contribution in [0.5, 0.6) is 0 Å². The molecule has 20 heteroatoms. The van der Waals surface area contributed by atoms with E-state index in [-0.39, 0.29) is 61.2 Å². The van der Waals surface area contributed by atoms with Gasteiger partial charge in [-0.25, -0.2) is 8.42 Å². The third-order valence-corrected chi connectivity index (χ3v) is 16.8. The standard InChI is InChI=1S/C10H17NO3S.C10H17NOS.C9H15NOS.C9H13NOS.C6H10O2.C3H5NS.B.Na.H/c1-10(8-11,15(2,12)13)7-9-3-5-14-6-4-9;1-10(8-11,13-2)7-9-3-5-12-6-4-9;2*1-12-9(7-10)6-8-2-4-11-5-3-8;7-5-6-1-3-8-4-2-6;1-5-3-2-4;;;/h9H,3-7H2,1-2H3;9H,3-7H2,1-2H3;8-9H,2-6H2,1H3;6,8H,2-5H2,1H3;5-6H,1-4H2;3H2,1H3;;;/q;;;;;;;+1;-1. The van der Waals surface area contributed by atoms with Crippen LogP contribution in [0.4, 0.5) is 0 Å². The Labute approximate surface area is 448 Å².